The molecule has 0 spiro atoms. The zero-order valence-electron chi connectivity index (χ0n) is 10.3. The second-order valence-corrected chi connectivity index (χ2v) is 2.58. The molecule has 0 aromatic heterocycles. The van der Waals surface area contributed by atoms with Crippen molar-refractivity contribution in [1.82, 2.24) is 0 Å². The van der Waals surface area contributed by atoms with Crippen LogP contribution in [0.3, 0.4) is 0 Å². The molecule has 90 valence electrons. The molecule has 0 aliphatic heterocycles. The molecule has 0 N–H and O–H groups in total. The summed E-state index contributed by atoms with van der Waals surface area (Å²) >= 11 is 0. The monoisotopic (exact) mass is 214 g/mol. The smallest absolute Gasteiger partial charge is 0.171 e. The van der Waals surface area contributed by atoms with Gasteiger partial charge in [-0.25, -0.2) is 0 Å². The lowest BCUT2D eigenvalue weighted by atomic mass is 10.0. The number of hydrogen-bond donors (Lipinski definition) is 0. The zero-order valence-corrected chi connectivity index (χ0v) is 10.3. The van der Waals surface area contributed by atoms with Crippen LogP contribution in [-0.4, -0.2) is 6.18 Å². The van der Waals surface area contributed by atoms with E-state index in [0.717, 1.165) is 6.42 Å². The molecule has 0 nitrogen and oxygen atoms in total. The van der Waals surface area contributed by atoms with Crippen LogP contribution in [0.5, 0.6) is 0 Å². The molecule has 3 heteroatoms. The predicted octanol–water partition coefficient (Wildman–Crippen LogP) is 5.43. The Morgan fingerprint density at radius 3 is 1.57 bits per heavy atom. The molecule has 0 saturated carbocycles. The molecule has 0 aromatic carbocycles. The zero-order chi connectivity index (χ0) is 12.2. The Morgan fingerprint density at radius 2 is 1.36 bits per heavy atom. The molecule has 14 heavy (non-hydrogen) atoms. The summed E-state index contributed by atoms with van der Waals surface area (Å²) in [5.74, 6) is -1.13. The van der Waals surface area contributed by atoms with Gasteiger partial charge in [0.1, 0.15) is 0 Å². The minimum atomic E-state index is -3.99. The van der Waals surface area contributed by atoms with Crippen LogP contribution in [0.25, 0.3) is 0 Å². The van der Waals surface area contributed by atoms with E-state index in [0.29, 0.717) is 6.42 Å². The van der Waals surface area contributed by atoms with Crippen molar-refractivity contribution in [3.8, 4) is 0 Å². The van der Waals surface area contributed by atoms with Crippen molar-refractivity contribution in [2.75, 3.05) is 0 Å². The first-order valence-electron chi connectivity index (χ1n) is 5.55. The Labute approximate surface area is 86.9 Å². The first-order valence-corrected chi connectivity index (χ1v) is 5.55. The van der Waals surface area contributed by atoms with Crippen molar-refractivity contribution >= 4 is 0 Å². The van der Waals surface area contributed by atoms with Crippen LogP contribution in [0.2, 0.25) is 0 Å². The molecule has 0 aromatic rings. The first kappa shape index (κ1) is 19.4. The minimum Gasteiger partial charge on any atom is -0.171 e. The third-order valence-corrected chi connectivity index (χ3v) is 1.55. The fourth-order valence-electron chi connectivity index (χ4n) is 0.674. The maximum atomic E-state index is 11.8. The molecular formula is C11H25F3. The second kappa shape index (κ2) is 12.8. The molecule has 0 saturated heterocycles. The van der Waals surface area contributed by atoms with Gasteiger partial charge in [-0.3, -0.25) is 0 Å². The van der Waals surface area contributed by atoms with Gasteiger partial charge in [0.2, 0.25) is 0 Å². The largest absolute Gasteiger partial charge is 0.391 e. The highest BCUT2D eigenvalue weighted by molar-refractivity contribution is 4.61. The van der Waals surface area contributed by atoms with Crippen molar-refractivity contribution in [2.45, 2.75) is 67.0 Å². The Kier molecular flexibility index (Phi) is 17.7. The predicted molar refractivity (Wildman–Crippen MR) is 57.4 cm³/mol. The van der Waals surface area contributed by atoms with Crippen molar-refractivity contribution < 1.29 is 13.2 Å². The van der Waals surface area contributed by atoms with Crippen molar-refractivity contribution in [3.05, 3.63) is 0 Å². The summed E-state index contributed by atoms with van der Waals surface area (Å²) in [6.45, 7) is 11.1. The minimum absolute atomic E-state index is 0.264. The van der Waals surface area contributed by atoms with Gasteiger partial charge in [-0.2, -0.15) is 13.2 Å². The number of hydrogen-bond acceptors (Lipinski definition) is 0. The van der Waals surface area contributed by atoms with Crippen LogP contribution >= 0.6 is 0 Å². The fraction of sp³-hybridized carbons (Fsp3) is 1.00. The van der Waals surface area contributed by atoms with Crippen LogP contribution in [0.15, 0.2) is 0 Å². The van der Waals surface area contributed by atoms with Gasteiger partial charge in [-0.15, -0.1) is 0 Å². The third-order valence-electron chi connectivity index (χ3n) is 1.55. The van der Waals surface area contributed by atoms with Crippen LogP contribution in [0, 0.1) is 5.92 Å². The van der Waals surface area contributed by atoms with Gasteiger partial charge < -0.3 is 0 Å². The Hall–Kier alpha value is -0.210. The lowest BCUT2D eigenvalue weighted by Gasteiger charge is -2.14. The van der Waals surface area contributed by atoms with Gasteiger partial charge in [0.15, 0.2) is 0 Å². The quantitative estimate of drug-likeness (QED) is 0.587. The lowest BCUT2D eigenvalue weighted by molar-refractivity contribution is -0.171. The molecule has 0 heterocycles. The van der Waals surface area contributed by atoms with Crippen LogP contribution in [0.4, 0.5) is 13.2 Å². The average Bonchev–Trinajstić information content (AvgIpc) is 2.19. The van der Waals surface area contributed by atoms with E-state index < -0.39 is 12.1 Å². The maximum absolute atomic E-state index is 11.8. The van der Waals surface area contributed by atoms with Gasteiger partial charge in [0.05, 0.1) is 5.92 Å². The number of halogens is 3. The molecule has 0 aliphatic carbocycles. The molecule has 0 bridgehead atoms. The summed E-state index contributed by atoms with van der Waals surface area (Å²) in [5, 5.41) is 0. The second-order valence-electron chi connectivity index (χ2n) is 2.58. The Balaban J connectivity index is -0.000000266. The van der Waals surface area contributed by atoms with E-state index in [2.05, 4.69) is 0 Å². The van der Waals surface area contributed by atoms with Crippen molar-refractivity contribution in [2.24, 2.45) is 5.92 Å². The molecule has 0 rings (SSSR count). The Morgan fingerprint density at radius 1 is 1.00 bits per heavy atom. The van der Waals surface area contributed by atoms with Gasteiger partial charge in [0, 0.05) is 0 Å². The van der Waals surface area contributed by atoms with Crippen molar-refractivity contribution in [3.63, 3.8) is 0 Å². The standard InChI is InChI=1S/C7H13F3.2C2H6/c1-3-4-5-6(2)7(8,9)10;2*1-2/h6H,3-5H2,1-2H3;2*1-2H3. The third kappa shape index (κ3) is 14.3. The summed E-state index contributed by atoms with van der Waals surface area (Å²) in [7, 11) is 0. The van der Waals surface area contributed by atoms with Gasteiger partial charge >= 0.3 is 6.18 Å². The molecule has 0 aliphatic rings. The molecule has 0 radical (unpaired) electrons. The number of rotatable bonds is 3. The van der Waals surface area contributed by atoms with E-state index in [1.165, 1.54) is 6.92 Å². The molecule has 0 amide bonds. The van der Waals surface area contributed by atoms with E-state index in [1.54, 1.807) is 0 Å². The van der Waals surface area contributed by atoms with Crippen LogP contribution < -0.4 is 0 Å². The van der Waals surface area contributed by atoms with E-state index >= 15 is 0 Å². The molecule has 0 fully saturated rings. The summed E-state index contributed by atoms with van der Waals surface area (Å²) in [6, 6.07) is 0. The highest BCUT2D eigenvalue weighted by Gasteiger charge is 2.34. The highest BCUT2D eigenvalue weighted by Crippen LogP contribution is 2.29. The van der Waals surface area contributed by atoms with Gasteiger partial charge in [-0.1, -0.05) is 54.4 Å². The van der Waals surface area contributed by atoms with Crippen LogP contribution in [0.1, 0.15) is 60.8 Å². The highest BCUT2D eigenvalue weighted by atomic mass is 19.4. The van der Waals surface area contributed by atoms with Gasteiger partial charge in [0.25, 0.3) is 0 Å². The normalized spacial score (nSPS) is 11.8. The van der Waals surface area contributed by atoms with E-state index in [9.17, 15) is 13.2 Å². The Bertz CT molecular complexity index is 87.0. The summed E-state index contributed by atoms with van der Waals surface area (Å²) in [4.78, 5) is 0. The summed E-state index contributed by atoms with van der Waals surface area (Å²) < 4.78 is 35.3. The molecule has 1 unspecified atom stereocenters. The molecule has 1 atom stereocenters. The maximum Gasteiger partial charge on any atom is 0.391 e. The van der Waals surface area contributed by atoms with Crippen LogP contribution in [-0.2, 0) is 0 Å². The lowest BCUT2D eigenvalue weighted by Crippen LogP contribution is -2.19. The average molecular weight is 214 g/mol. The van der Waals surface area contributed by atoms with E-state index in [-0.39, 0.29) is 6.42 Å². The first-order chi connectivity index (χ1) is 6.48. The summed E-state index contributed by atoms with van der Waals surface area (Å²) in [5.41, 5.74) is 0. The van der Waals surface area contributed by atoms with Gasteiger partial charge in [-0.05, 0) is 6.42 Å². The summed E-state index contributed by atoms with van der Waals surface area (Å²) in [6.07, 6.45) is -2.23. The topological polar surface area (TPSA) is 0 Å². The number of alkyl halides is 3. The van der Waals surface area contributed by atoms with E-state index in [4.69, 9.17) is 0 Å². The fourth-order valence-corrected chi connectivity index (χ4v) is 0.674. The van der Waals surface area contributed by atoms with Crippen molar-refractivity contribution in [1.29, 1.82) is 0 Å². The number of unbranched alkanes of at least 4 members (excludes halogenated alkanes) is 1. The molecular weight excluding hydrogens is 189 g/mol. The SMILES string of the molecule is CC.CC.CCCCC(C)C(F)(F)F. The van der Waals surface area contributed by atoms with E-state index in [1.807, 2.05) is 34.6 Å².